The monoisotopic (exact) mass is 387 g/mol. The number of amides is 1. The summed E-state index contributed by atoms with van der Waals surface area (Å²) in [7, 11) is 3.64. The van der Waals surface area contributed by atoms with E-state index in [-0.39, 0.29) is 11.9 Å². The number of hydrogen-bond donors (Lipinski definition) is 2. The molecule has 0 heterocycles. The van der Waals surface area contributed by atoms with Crippen LogP contribution in [-0.4, -0.2) is 39.3 Å². The second-order valence-corrected chi connectivity index (χ2v) is 6.61. The molecule has 0 fully saturated rings. The van der Waals surface area contributed by atoms with Gasteiger partial charge in [-0.2, -0.15) is 0 Å². The molecule has 0 bridgehead atoms. The highest BCUT2D eigenvalue weighted by molar-refractivity contribution is 5.93. The molecule has 2 N–H and O–H groups in total. The molecule has 152 valence electrons. The van der Waals surface area contributed by atoms with E-state index in [4.69, 9.17) is 14.2 Å². The molecular weight excluding hydrogens is 356 g/mol. The third-order valence-electron chi connectivity index (χ3n) is 4.58. The first-order valence-corrected chi connectivity index (χ1v) is 9.64. The van der Waals surface area contributed by atoms with Gasteiger partial charge in [0.15, 0.2) is 17.5 Å². The van der Waals surface area contributed by atoms with Gasteiger partial charge in [0.25, 0.3) is 5.91 Å². The van der Waals surface area contributed by atoms with Crippen LogP contribution in [0.1, 0.15) is 26.3 Å². The van der Waals surface area contributed by atoms with Gasteiger partial charge in [0.05, 0.1) is 27.4 Å². The fraction of sp³-hybridized carbons (Fsp3) is 0.409. The predicted octanol–water partition coefficient (Wildman–Crippen LogP) is 2.53. The summed E-state index contributed by atoms with van der Waals surface area (Å²) in [4.78, 5) is 13.7. The first-order chi connectivity index (χ1) is 13.5. The number of hydrogen-bond acceptors (Lipinski definition) is 4. The second-order valence-electron chi connectivity index (χ2n) is 6.61. The highest BCUT2D eigenvalue weighted by atomic mass is 16.5. The van der Waals surface area contributed by atoms with Gasteiger partial charge in [-0.1, -0.05) is 0 Å². The maximum atomic E-state index is 12.6. The lowest BCUT2D eigenvalue weighted by molar-refractivity contribution is -0.907. The van der Waals surface area contributed by atoms with Gasteiger partial charge in [-0.15, -0.1) is 0 Å². The number of benzene rings is 2. The van der Waals surface area contributed by atoms with E-state index < -0.39 is 0 Å². The Labute approximate surface area is 167 Å². The molecule has 2 atom stereocenters. The van der Waals surface area contributed by atoms with Crippen molar-refractivity contribution in [1.82, 2.24) is 0 Å². The Morgan fingerprint density at radius 1 is 1.04 bits per heavy atom. The maximum absolute atomic E-state index is 12.6. The number of methoxy groups -OCH3 is 1. The number of quaternary nitrogens is 1. The Balaban J connectivity index is 1.97. The molecule has 28 heavy (non-hydrogen) atoms. The van der Waals surface area contributed by atoms with Crippen LogP contribution in [0.2, 0.25) is 0 Å². The third-order valence-corrected chi connectivity index (χ3v) is 4.58. The molecule has 6 nitrogen and oxygen atoms in total. The Bertz CT molecular complexity index is 762. The number of carbonyl (C=O) groups excluding carboxylic acids is 1. The van der Waals surface area contributed by atoms with Gasteiger partial charge in [0.2, 0.25) is 0 Å². The minimum atomic E-state index is -0.218. The van der Waals surface area contributed by atoms with E-state index in [2.05, 4.69) is 5.32 Å². The van der Waals surface area contributed by atoms with E-state index in [9.17, 15) is 4.79 Å². The Kier molecular flexibility index (Phi) is 8.14. The molecule has 0 aliphatic carbocycles. The average Bonchev–Trinajstić information content (AvgIpc) is 2.70. The molecule has 2 aromatic carbocycles. The maximum Gasteiger partial charge on any atom is 0.282 e. The summed E-state index contributed by atoms with van der Waals surface area (Å²) in [6, 6.07) is 13.1. The van der Waals surface area contributed by atoms with Crippen LogP contribution in [0.25, 0.3) is 0 Å². The molecule has 0 saturated carbocycles. The summed E-state index contributed by atoms with van der Waals surface area (Å²) in [5.74, 6) is 2.20. The number of rotatable bonds is 10. The minimum Gasteiger partial charge on any atom is -0.494 e. The first-order valence-electron chi connectivity index (χ1n) is 9.64. The quantitative estimate of drug-likeness (QED) is 0.658. The van der Waals surface area contributed by atoms with Crippen LogP contribution in [0.15, 0.2) is 42.5 Å². The highest BCUT2D eigenvalue weighted by Crippen LogP contribution is 2.27. The van der Waals surface area contributed by atoms with Crippen molar-refractivity contribution in [3.05, 3.63) is 48.0 Å². The predicted molar refractivity (Wildman–Crippen MR) is 110 cm³/mol. The Morgan fingerprint density at radius 2 is 1.71 bits per heavy atom. The summed E-state index contributed by atoms with van der Waals surface area (Å²) in [6.45, 7) is 7.70. The van der Waals surface area contributed by atoms with Crippen LogP contribution in [-0.2, 0) is 11.3 Å². The standard InChI is InChI=1S/C22H30N2O4/c1-6-27-19-11-9-18(10-12-19)23-22(25)16(3)24(4)15-17-8-13-20(28-7-2)21(14-17)26-5/h8-14,16H,6-7,15H2,1-5H3,(H,23,25)/p+1/t16-/m0/s1. The van der Waals surface area contributed by atoms with Crippen LogP contribution in [0.5, 0.6) is 17.2 Å². The van der Waals surface area contributed by atoms with Crippen LogP contribution in [0.4, 0.5) is 5.69 Å². The largest absolute Gasteiger partial charge is 0.494 e. The average molecular weight is 388 g/mol. The van der Waals surface area contributed by atoms with Crippen LogP contribution in [0.3, 0.4) is 0 Å². The number of nitrogens with one attached hydrogen (secondary N) is 2. The van der Waals surface area contributed by atoms with Crippen molar-refractivity contribution in [1.29, 1.82) is 0 Å². The molecule has 2 aromatic rings. The molecule has 0 saturated heterocycles. The number of anilines is 1. The zero-order chi connectivity index (χ0) is 20.5. The molecule has 1 unspecified atom stereocenters. The number of likely N-dealkylation sites (N-methyl/N-ethyl adjacent to an activating group) is 1. The SMILES string of the molecule is CCOc1ccc(NC(=O)[C@H](C)[NH+](C)Cc2ccc(OCC)c(OC)c2)cc1. The van der Waals surface area contributed by atoms with Crippen LogP contribution in [0, 0.1) is 0 Å². The van der Waals surface area contributed by atoms with Crippen LogP contribution >= 0.6 is 0 Å². The fourth-order valence-corrected chi connectivity index (χ4v) is 2.85. The van der Waals surface area contributed by atoms with Gasteiger partial charge in [-0.25, -0.2) is 0 Å². The van der Waals surface area contributed by atoms with Gasteiger partial charge in [-0.3, -0.25) is 4.79 Å². The van der Waals surface area contributed by atoms with E-state index in [1.165, 1.54) is 0 Å². The van der Waals surface area contributed by atoms with Crippen molar-refractivity contribution < 1.29 is 23.9 Å². The summed E-state index contributed by atoms with van der Waals surface area (Å²) in [6.07, 6.45) is 0. The summed E-state index contributed by atoms with van der Waals surface area (Å²) >= 11 is 0. The highest BCUT2D eigenvalue weighted by Gasteiger charge is 2.22. The Hall–Kier alpha value is -2.73. The smallest absolute Gasteiger partial charge is 0.282 e. The van der Waals surface area contributed by atoms with E-state index in [1.54, 1.807) is 7.11 Å². The van der Waals surface area contributed by atoms with Crippen molar-refractivity contribution in [2.24, 2.45) is 0 Å². The molecule has 2 rings (SSSR count). The first kappa shape index (κ1) is 21.6. The number of carbonyl (C=O) groups is 1. The van der Waals surface area contributed by atoms with Gasteiger partial charge in [-0.05, 0) is 63.2 Å². The van der Waals surface area contributed by atoms with Crippen molar-refractivity contribution in [3.63, 3.8) is 0 Å². The van der Waals surface area contributed by atoms with E-state index in [0.717, 1.165) is 27.6 Å². The molecule has 0 radical (unpaired) electrons. The topological polar surface area (TPSA) is 61.2 Å². The van der Waals surface area contributed by atoms with Gasteiger partial charge in [0, 0.05) is 11.3 Å². The van der Waals surface area contributed by atoms with Gasteiger partial charge < -0.3 is 24.4 Å². The van der Waals surface area contributed by atoms with Crippen molar-refractivity contribution in [3.8, 4) is 17.2 Å². The van der Waals surface area contributed by atoms with E-state index in [1.807, 2.05) is 70.3 Å². The lowest BCUT2D eigenvalue weighted by Gasteiger charge is -2.21. The van der Waals surface area contributed by atoms with Gasteiger partial charge in [0.1, 0.15) is 12.3 Å². The van der Waals surface area contributed by atoms with Crippen molar-refractivity contribution in [2.75, 3.05) is 32.7 Å². The Morgan fingerprint density at radius 3 is 2.32 bits per heavy atom. The zero-order valence-electron chi connectivity index (χ0n) is 17.4. The van der Waals surface area contributed by atoms with E-state index >= 15 is 0 Å². The molecule has 6 heteroatoms. The van der Waals surface area contributed by atoms with Crippen molar-refractivity contribution >= 4 is 11.6 Å². The molecule has 1 amide bonds. The van der Waals surface area contributed by atoms with Gasteiger partial charge >= 0.3 is 0 Å². The summed E-state index contributed by atoms with van der Waals surface area (Å²) in [5.41, 5.74) is 1.84. The summed E-state index contributed by atoms with van der Waals surface area (Å²) in [5, 5.41) is 2.97. The molecule has 0 spiro atoms. The molecular formula is C22H31N2O4+. The summed E-state index contributed by atoms with van der Waals surface area (Å²) < 4.78 is 16.4. The molecule has 0 aromatic heterocycles. The van der Waals surface area contributed by atoms with Crippen LogP contribution < -0.4 is 24.4 Å². The molecule has 0 aliphatic heterocycles. The number of ether oxygens (including phenoxy) is 3. The minimum absolute atomic E-state index is 0.0282. The lowest BCUT2D eigenvalue weighted by Crippen LogP contribution is -3.12. The van der Waals surface area contributed by atoms with E-state index in [0.29, 0.717) is 25.5 Å². The fourth-order valence-electron chi connectivity index (χ4n) is 2.85. The second kappa shape index (κ2) is 10.6. The van der Waals surface area contributed by atoms with Crippen molar-refractivity contribution in [2.45, 2.75) is 33.4 Å². The molecule has 0 aliphatic rings. The lowest BCUT2D eigenvalue weighted by atomic mass is 10.1. The zero-order valence-corrected chi connectivity index (χ0v) is 17.4. The normalized spacial score (nSPS) is 12.8. The third kappa shape index (κ3) is 5.89.